The lowest BCUT2D eigenvalue weighted by molar-refractivity contribution is -0.137. The van der Waals surface area contributed by atoms with Gasteiger partial charge in [0.2, 0.25) is 5.91 Å². The van der Waals surface area contributed by atoms with Crippen molar-refractivity contribution < 1.29 is 27.8 Å². The minimum Gasteiger partial charge on any atom is -0.491 e. The number of rotatable bonds is 6. The molecule has 1 amide bonds. The van der Waals surface area contributed by atoms with Gasteiger partial charge in [-0.15, -0.1) is 12.4 Å². The number of carbonyl (C=O) groups excluding carboxylic acids is 1. The van der Waals surface area contributed by atoms with Crippen LogP contribution in [0.5, 0.6) is 5.75 Å². The molecule has 0 aliphatic heterocycles. The number of amides is 1. The summed E-state index contributed by atoms with van der Waals surface area (Å²) in [5, 5.41) is 11.8. The summed E-state index contributed by atoms with van der Waals surface area (Å²) >= 11 is 0. The van der Waals surface area contributed by atoms with Crippen molar-refractivity contribution in [2.75, 3.05) is 19.7 Å². The number of hydrogen-bond donors (Lipinski definition) is 3. The number of aliphatic hydroxyl groups is 1. The van der Waals surface area contributed by atoms with E-state index in [1.54, 1.807) is 0 Å². The second-order valence-electron chi connectivity index (χ2n) is 4.00. The van der Waals surface area contributed by atoms with Crippen LogP contribution in [-0.4, -0.2) is 36.8 Å². The molecule has 0 fully saturated rings. The van der Waals surface area contributed by atoms with E-state index in [1.165, 1.54) is 12.1 Å². The van der Waals surface area contributed by atoms with E-state index in [9.17, 15) is 23.1 Å². The molecular formula is C12H16ClF3N2O3. The molecular weight excluding hydrogens is 313 g/mol. The Bertz CT molecular complexity index is 458. The van der Waals surface area contributed by atoms with Gasteiger partial charge >= 0.3 is 6.18 Å². The molecule has 0 bridgehead atoms. The van der Waals surface area contributed by atoms with Crippen molar-refractivity contribution in [2.45, 2.75) is 12.3 Å². The van der Waals surface area contributed by atoms with Gasteiger partial charge < -0.3 is 20.9 Å². The molecule has 0 saturated heterocycles. The molecule has 1 unspecified atom stereocenters. The maximum Gasteiger partial charge on any atom is 0.416 e. The number of aliphatic hydroxyl groups excluding tert-OH is 1. The highest BCUT2D eigenvalue weighted by Gasteiger charge is 2.30. The van der Waals surface area contributed by atoms with Crippen molar-refractivity contribution in [1.82, 2.24) is 5.32 Å². The first-order valence-electron chi connectivity index (χ1n) is 5.78. The summed E-state index contributed by atoms with van der Waals surface area (Å²) in [4.78, 5) is 10.8. The fraction of sp³-hybridized carbons (Fsp3) is 0.417. The average molecular weight is 329 g/mol. The first-order valence-corrected chi connectivity index (χ1v) is 5.78. The number of nitrogens with two attached hydrogens (primary N) is 1. The van der Waals surface area contributed by atoms with E-state index in [0.717, 1.165) is 12.1 Å². The Morgan fingerprint density at radius 1 is 1.43 bits per heavy atom. The molecule has 0 saturated carbocycles. The number of benzene rings is 1. The van der Waals surface area contributed by atoms with Gasteiger partial charge in [0.15, 0.2) is 0 Å². The van der Waals surface area contributed by atoms with E-state index in [-0.39, 0.29) is 37.9 Å². The number of ether oxygens (including phenoxy) is 1. The van der Waals surface area contributed by atoms with Crippen LogP contribution >= 0.6 is 12.4 Å². The van der Waals surface area contributed by atoms with E-state index in [2.05, 4.69) is 5.32 Å². The Labute approximate surface area is 125 Å². The zero-order valence-corrected chi connectivity index (χ0v) is 11.7. The minimum absolute atomic E-state index is 0. The van der Waals surface area contributed by atoms with Gasteiger partial charge in [0.1, 0.15) is 18.5 Å². The summed E-state index contributed by atoms with van der Waals surface area (Å²) < 4.78 is 42.4. The van der Waals surface area contributed by atoms with E-state index in [0.29, 0.717) is 0 Å². The second-order valence-corrected chi connectivity index (χ2v) is 4.00. The van der Waals surface area contributed by atoms with Crippen LogP contribution in [0.1, 0.15) is 5.56 Å². The highest BCUT2D eigenvalue weighted by molar-refractivity contribution is 5.85. The Morgan fingerprint density at radius 2 is 2.10 bits per heavy atom. The Balaban J connectivity index is 0.00000400. The molecule has 1 aromatic carbocycles. The van der Waals surface area contributed by atoms with Crippen molar-refractivity contribution in [1.29, 1.82) is 0 Å². The van der Waals surface area contributed by atoms with Crippen molar-refractivity contribution in [2.24, 2.45) is 5.73 Å². The Morgan fingerprint density at radius 3 is 2.67 bits per heavy atom. The lowest BCUT2D eigenvalue weighted by Gasteiger charge is -2.14. The molecule has 4 N–H and O–H groups in total. The molecule has 1 aromatic rings. The highest BCUT2D eigenvalue weighted by atomic mass is 35.5. The van der Waals surface area contributed by atoms with Gasteiger partial charge in [0.25, 0.3) is 0 Å². The predicted octanol–water partition coefficient (Wildman–Crippen LogP) is 0.942. The average Bonchev–Trinajstić information content (AvgIpc) is 2.41. The van der Waals surface area contributed by atoms with Crippen LogP contribution in [0.15, 0.2) is 24.3 Å². The standard InChI is InChI=1S/C12H15F3N2O3.ClH/c13-12(14,15)8-2-1-3-10(4-8)20-7-9(18)6-17-11(19)5-16;/h1-4,9,18H,5-7,16H2,(H,17,19);1H. The number of hydrogen-bond acceptors (Lipinski definition) is 4. The summed E-state index contributed by atoms with van der Waals surface area (Å²) in [6.07, 6.45) is -5.49. The maximum absolute atomic E-state index is 12.5. The van der Waals surface area contributed by atoms with Gasteiger partial charge in [-0.1, -0.05) is 6.07 Å². The molecule has 1 atom stereocenters. The van der Waals surface area contributed by atoms with Gasteiger partial charge in [0, 0.05) is 6.54 Å². The van der Waals surface area contributed by atoms with Crippen LogP contribution in [0.3, 0.4) is 0 Å². The van der Waals surface area contributed by atoms with Crippen molar-refractivity contribution in [3.05, 3.63) is 29.8 Å². The van der Waals surface area contributed by atoms with E-state index >= 15 is 0 Å². The molecule has 9 heteroatoms. The molecule has 5 nitrogen and oxygen atoms in total. The van der Waals surface area contributed by atoms with Gasteiger partial charge in [-0.05, 0) is 18.2 Å². The molecule has 0 spiro atoms. The Hall–Kier alpha value is -1.51. The zero-order valence-electron chi connectivity index (χ0n) is 10.9. The maximum atomic E-state index is 12.5. The van der Waals surface area contributed by atoms with Crippen molar-refractivity contribution in [3.8, 4) is 5.75 Å². The fourth-order valence-electron chi connectivity index (χ4n) is 1.32. The molecule has 120 valence electrons. The van der Waals surface area contributed by atoms with Gasteiger partial charge in [-0.25, -0.2) is 0 Å². The van der Waals surface area contributed by atoms with Crippen LogP contribution in [0.25, 0.3) is 0 Å². The van der Waals surface area contributed by atoms with Crippen LogP contribution in [0, 0.1) is 0 Å². The number of alkyl halides is 3. The smallest absolute Gasteiger partial charge is 0.416 e. The van der Waals surface area contributed by atoms with Gasteiger partial charge in [-0.2, -0.15) is 13.2 Å². The van der Waals surface area contributed by atoms with Gasteiger partial charge in [0.05, 0.1) is 12.1 Å². The Kier molecular flexibility index (Phi) is 8.08. The van der Waals surface area contributed by atoms with Gasteiger partial charge in [-0.3, -0.25) is 4.79 Å². The SMILES string of the molecule is Cl.NCC(=O)NCC(O)COc1cccc(C(F)(F)F)c1. The first kappa shape index (κ1) is 19.5. The molecule has 1 rings (SSSR count). The molecule has 0 aromatic heterocycles. The van der Waals surface area contributed by atoms with E-state index in [1.807, 2.05) is 0 Å². The highest BCUT2D eigenvalue weighted by Crippen LogP contribution is 2.31. The predicted molar refractivity (Wildman–Crippen MR) is 72.3 cm³/mol. The third-order valence-electron chi connectivity index (χ3n) is 2.32. The van der Waals surface area contributed by atoms with Crippen molar-refractivity contribution >= 4 is 18.3 Å². The summed E-state index contributed by atoms with van der Waals surface area (Å²) in [5.41, 5.74) is 4.22. The van der Waals surface area contributed by atoms with Crippen molar-refractivity contribution in [3.63, 3.8) is 0 Å². The number of nitrogens with one attached hydrogen (secondary N) is 1. The number of halogens is 4. The summed E-state index contributed by atoms with van der Waals surface area (Å²) in [7, 11) is 0. The molecule has 0 aliphatic rings. The zero-order chi connectivity index (χ0) is 15.2. The third-order valence-corrected chi connectivity index (χ3v) is 2.32. The van der Waals surface area contributed by atoms with E-state index in [4.69, 9.17) is 10.5 Å². The second kappa shape index (κ2) is 8.71. The molecule has 0 radical (unpaired) electrons. The van der Waals surface area contributed by atoms with E-state index < -0.39 is 23.8 Å². The summed E-state index contributed by atoms with van der Waals surface area (Å²) in [6.45, 7) is -0.539. The third kappa shape index (κ3) is 7.16. The lowest BCUT2D eigenvalue weighted by Crippen LogP contribution is -2.38. The largest absolute Gasteiger partial charge is 0.491 e. The van der Waals surface area contributed by atoms with Crippen LogP contribution < -0.4 is 15.8 Å². The van der Waals surface area contributed by atoms with Crippen LogP contribution in [0.4, 0.5) is 13.2 Å². The van der Waals surface area contributed by atoms with Crippen LogP contribution in [0.2, 0.25) is 0 Å². The van der Waals surface area contributed by atoms with Crippen LogP contribution in [-0.2, 0) is 11.0 Å². The normalized spacial score (nSPS) is 12.2. The minimum atomic E-state index is -4.45. The molecule has 0 heterocycles. The summed E-state index contributed by atoms with van der Waals surface area (Å²) in [6, 6.07) is 4.32. The quantitative estimate of drug-likeness (QED) is 0.725. The fourth-order valence-corrected chi connectivity index (χ4v) is 1.32. The first-order chi connectivity index (χ1) is 9.32. The summed E-state index contributed by atoms with van der Waals surface area (Å²) in [5.74, 6) is -0.452. The lowest BCUT2D eigenvalue weighted by atomic mass is 10.2. The molecule has 0 aliphatic carbocycles. The monoisotopic (exact) mass is 328 g/mol. The molecule has 21 heavy (non-hydrogen) atoms. The number of carbonyl (C=O) groups is 1. The topological polar surface area (TPSA) is 84.6 Å².